The molecule has 5 nitrogen and oxygen atoms in total. The van der Waals surface area contributed by atoms with Crippen LogP contribution in [0.1, 0.15) is 12.8 Å². The average Bonchev–Trinajstić information content (AvgIpc) is 2.41. The second kappa shape index (κ2) is 5.84. The third-order valence-electron chi connectivity index (χ3n) is 3.14. The highest BCUT2D eigenvalue weighted by atomic mass is 79.9. The molecule has 0 bridgehead atoms. The lowest BCUT2D eigenvalue weighted by molar-refractivity contribution is -0.125. The molecule has 18 heavy (non-hydrogen) atoms. The maximum absolute atomic E-state index is 11.5. The third-order valence-corrected chi connectivity index (χ3v) is 4.39. The third kappa shape index (κ3) is 2.75. The van der Waals surface area contributed by atoms with Crippen molar-refractivity contribution in [2.24, 2.45) is 5.92 Å². The Morgan fingerprint density at radius 3 is 2.78 bits per heavy atom. The summed E-state index contributed by atoms with van der Waals surface area (Å²) < 4.78 is 0.713. The number of aromatic nitrogens is 2. The van der Waals surface area contributed by atoms with Gasteiger partial charge in [-0.3, -0.25) is 4.79 Å². The second-order valence-electron chi connectivity index (χ2n) is 4.18. The Morgan fingerprint density at radius 1 is 1.50 bits per heavy atom. The van der Waals surface area contributed by atoms with Crippen molar-refractivity contribution in [3.63, 3.8) is 0 Å². The van der Waals surface area contributed by atoms with Gasteiger partial charge in [0.15, 0.2) is 0 Å². The van der Waals surface area contributed by atoms with E-state index in [1.54, 1.807) is 7.05 Å². The minimum absolute atomic E-state index is 0.0994. The number of carbonyl (C=O) groups excluding carboxylic acids is 1. The van der Waals surface area contributed by atoms with E-state index in [0.717, 1.165) is 31.7 Å². The molecule has 0 aliphatic carbocycles. The number of hydrogen-bond acceptors (Lipinski definition) is 4. The Kier molecular flexibility index (Phi) is 4.40. The van der Waals surface area contributed by atoms with Crippen LogP contribution >= 0.6 is 27.5 Å². The first-order valence-corrected chi connectivity index (χ1v) is 6.93. The number of rotatable bonds is 2. The zero-order valence-electron chi connectivity index (χ0n) is 9.99. The SMILES string of the molecule is CNC(=O)C1CCN(c2ncnc(Cl)c2Br)CC1. The predicted octanol–water partition coefficient (Wildman–Crippen LogP) is 1.85. The molecule has 0 radical (unpaired) electrons. The molecule has 0 spiro atoms. The number of anilines is 1. The van der Waals surface area contributed by atoms with Gasteiger partial charge >= 0.3 is 0 Å². The van der Waals surface area contributed by atoms with Crippen molar-refractivity contribution in [3.8, 4) is 0 Å². The standard InChI is InChI=1S/C11H14BrClN4O/c1-14-11(18)7-2-4-17(5-3-7)10-8(12)9(13)15-6-16-10/h6-7H,2-5H2,1H3,(H,14,18). The molecule has 1 aromatic rings. The first-order valence-electron chi connectivity index (χ1n) is 5.76. The molecule has 2 heterocycles. The molecule has 1 fully saturated rings. The number of piperidine rings is 1. The fourth-order valence-corrected chi connectivity index (χ4v) is 2.70. The van der Waals surface area contributed by atoms with Gasteiger partial charge in [0.25, 0.3) is 0 Å². The van der Waals surface area contributed by atoms with E-state index < -0.39 is 0 Å². The van der Waals surface area contributed by atoms with Crippen LogP contribution in [0.25, 0.3) is 0 Å². The maximum atomic E-state index is 11.5. The molecule has 0 unspecified atom stereocenters. The minimum atomic E-state index is 0.0994. The van der Waals surface area contributed by atoms with E-state index in [4.69, 9.17) is 11.6 Å². The van der Waals surface area contributed by atoms with Gasteiger partial charge in [0.2, 0.25) is 5.91 Å². The molecule has 98 valence electrons. The molecule has 2 rings (SSSR count). The van der Waals surface area contributed by atoms with Crippen molar-refractivity contribution in [1.82, 2.24) is 15.3 Å². The molecule has 1 saturated heterocycles. The number of amides is 1. The zero-order valence-corrected chi connectivity index (χ0v) is 12.3. The van der Waals surface area contributed by atoms with Gasteiger partial charge in [-0.2, -0.15) is 0 Å². The second-order valence-corrected chi connectivity index (χ2v) is 5.33. The van der Waals surface area contributed by atoms with Crippen molar-refractivity contribution < 1.29 is 4.79 Å². The summed E-state index contributed by atoms with van der Waals surface area (Å²) in [6, 6.07) is 0. The summed E-state index contributed by atoms with van der Waals surface area (Å²) in [6.45, 7) is 1.59. The number of hydrogen-bond donors (Lipinski definition) is 1. The van der Waals surface area contributed by atoms with Crippen LogP contribution < -0.4 is 10.2 Å². The van der Waals surface area contributed by atoms with Gasteiger partial charge in [-0.25, -0.2) is 9.97 Å². The molecular weight excluding hydrogens is 320 g/mol. The zero-order chi connectivity index (χ0) is 13.1. The fourth-order valence-electron chi connectivity index (χ4n) is 2.12. The lowest BCUT2D eigenvalue weighted by atomic mass is 9.96. The molecule has 1 aromatic heterocycles. The minimum Gasteiger partial charge on any atom is -0.359 e. The highest BCUT2D eigenvalue weighted by Crippen LogP contribution is 2.31. The van der Waals surface area contributed by atoms with Crippen molar-refractivity contribution in [2.45, 2.75) is 12.8 Å². The molecule has 0 aromatic carbocycles. The highest BCUT2D eigenvalue weighted by molar-refractivity contribution is 9.10. The van der Waals surface area contributed by atoms with Gasteiger partial charge in [0, 0.05) is 26.1 Å². The van der Waals surface area contributed by atoms with Gasteiger partial charge in [-0.05, 0) is 28.8 Å². The number of nitrogens with one attached hydrogen (secondary N) is 1. The first kappa shape index (κ1) is 13.5. The van der Waals surface area contributed by atoms with E-state index in [1.165, 1.54) is 6.33 Å². The number of carbonyl (C=O) groups is 1. The largest absolute Gasteiger partial charge is 0.359 e. The van der Waals surface area contributed by atoms with Gasteiger partial charge in [-0.1, -0.05) is 11.6 Å². The van der Waals surface area contributed by atoms with Crippen LogP contribution in [0.5, 0.6) is 0 Å². The molecule has 1 aliphatic heterocycles. The molecular formula is C11H14BrClN4O. The van der Waals surface area contributed by atoms with Gasteiger partial charge < -0.3 is 10.2 Å². The van der Waals surface area contributed by atoms with E-state index in [0.29, 0.717) is 9.63 Å². The van der Waals surface area contributed by atoms with Crippen molar-refractivity contribution in [2.75, 3.05) is 25.0 Å². The maximum Gasteiger partial charge on any atom is 0.222 e. The topological polar surface area (TPSA) is 58.1 Å². The lowest BCUT2D eigenvalue weighted by Crippen LogP contribution is -2.40. The fraction of sp³-hybridized carbons (Fsp3) is 0.545. The average molecular weight is 334 g/mol. The summed E-state index contributed by atoms with van der Waals surface area (Å²) in [5.74, 6) is 1.02. The van der Waals surface area contributed by atoms with Crippen LogP contribution in [0.3, 0.4) is 0 Å². The molecule has 1 N–H and O–H groups in total. The van der Waals surface area contributed by atoms with Crippen LogP contribution in [-0.4, -0.2) is 36.0 Å². The predicted molar refractivity (Wildman–Crippen MR) is 73.7 cm³/mol. The van der Waals surface area contributed by atoms with Crippen LogP contribution in [0, 0.1) is 5.92 Å². The normalized spacial score (nSPS) is 16.7. The molecule has 7 heteroatoms. The van der Waals surface area contributed by atoms with E-state index in [-0.39, 0.29) is 11.8 Å². The van der Waals surface area contributed by atoms with Crippen molar-refractivity contribution in [1.29, 1.82) is 0 Å². The Morgan fingerprint density at radius 2 is 2.17 bits per heavy atom. The first-order chi connectivity index (χ1) is 8.63. The summed E-state index contributed by atoms with van der Waals surface area (Å²) >= 11 is 9.34. The molecule has 1 amide bonds. The highest BCUT2D eigenvalue weighted by Gasteiger charge is 2.26. The van der Waals surface area contributed by atoms with Crippen LogP contribution in [-0.2, 0) is 4.79 Å². The van der Waals surface area contributed by atoms with E-state index in [1.807, 2.05) is 0 Å². The van der Waals surface area contributed by atoms with Gasteiger partial charge in [-0.15, -0.1) is 0 Å². The van der Waals surface area contributed by atoms with Crippen LogP contribution in [0.15, 0.2) is 10.8 Å². The van der Waals surface area contributed by atoms with Crippen molar-refractivity contribution >= 4 is 39.3 Å². The lowest BCUT2D eigenvalue weighted by Gasteiger charge is -2.32. The molecule has 0 atom stereocenters. The van der Waals surface area contributed by atoms with Crippen LogP contribution in [0.4, 0.5) is 5.82 Å². The Balaban J connectivity index is 2.06. The van der Waals surface area contributed by atoms with E-state index in [9.17, 15) is 4.79 Å². The summed E-state index contributed by atoms with van der Waals surface area (Å²) in [5.41, 5.74) is 0. The monoisotopic (exact) mass is 332 g/mol. The summed E-state index contributed by atoms with van der Waals surface area (Å²) in [5, 5.41) is 3.11. The Hall–Kier alpha value is -0.880. The van der Waals surface area contributed by atoms with Crippen LogP contribution in [0.2, 0.25) is 5.15 Å². The Bertz CT molecular complexity index is 449. The van der Waals surface area contributed by atoms with Gasteiger partial charge in [0.05, 0.1) is 4.47 Å². The summed E-state index contributed by atoms with van der Waals surface area (Å²) in [7, 11) is 1.68. The number of nitrogens with zero attached hydrogens (tertiary/aromatic N) is 3. The molecule has 1 aliphatic rings. The Labute approximate surface area is 119 Å². The molecule has 0 saturated carbocycles. The quantitative estimate of drug-likeness (QED) is 0.839. The summed E-state index contributed by atoms with van der Waals surface area (Å²) in [4.78, 5) is 21.8. The summed E-state index contributed by atoms with van der Waals surface area (Å²) in [6.07, 6.45) is 3.11. The number of halogens is 2. The van der Waals surface area contributed by atoms with Gasteiger partial charge in [0.1, 0.15) is 17.3 Å². The van der Waals surface area contributed by atoms with Crippen molar-refractivity contribution in [3.05, 3.63) is 16.0 Å². The smallest absolute Gasteiger partial charge is 0.222 e. The van der Waals surface area contributed by atoms with E-state index >= 15 is 0 Å². The van der Waals surface area contributed by atoms with E-state index in [2.05, 4.69) is 36.1 Å².